The number of unbranched alkanes of at least 4 members (excludes halogenated alkanes) is 2. The molecular weight excluding hydrogens is 799 g/mol. The topological polar surface area (TPSA) is 115 Å². The van der Waals surface area contributed by atoms with Gasteiger partial charge in [0, 0.05) is 44.5 Å². The van der Waals surface area contributed by atoms with Crippen molar-refractivity contribution in [2.75, 3.05) is 39.6 Å². The Morgan fingerprint density at radius 1 is 0.548 bits per heavy atom. The molecule has 328 valence electrons. The van der Waals surface area contributed by atoms with Gasteiger partial charge in [0.1, 0.15) is 34.6 Å². The average Bonchev–Trinajstić information content (AvgIpc) is 4.20. The summed E-state index contributed by atoms with van der Waals surface area (Å²) in [6, 6.07) is 18.8. The van der Waals surface area contributed by atoms with Crippen LogP contribution in [-0.2, 0) is 18.9 Å². The molecule has 0 spiro atoms. The van der Waals surface area contributed by atoms with Gasteiger partial charge in [-0.15, -0.1) is 0 Å². The molecule has 2 heterocycles. The molecule has 6 unspecified atom stereocenters. The largest absolute Gasteiger partial charge is 0.493 e. The van der Waals surface area contributed by atoms with E-state index < -0.39 is 23.6 Å². The zero-order valence-corrected chi connectivity index (χ0v) is 35.1. The Morgan fingerprint density at radius 3 is 1.42 bits per heavy atom. The Balaban J connectivity index is 0.704. The van der Waals surface area contributed by atoms with E-state index in [1.807, 2.05) is 19.1 Å². The first kappa shape index (κ1) is 42.4. The molecule has 2 saturated carbocycles. The van der Waals surface area contributed by atoms with Crippen molar-refractivity contribution < 1.29 is 56.3 Å². The molecule has 4 aromatic rings. The number of ether oxygens (including phenoxy) is 8. The lowest BCUT2D eigenvalue weighted by atomic mass is 9.90. The van der Waals surface area contributed by atoms with Gasteiger partial charge in [0.25, 0.3) is 0 Å². The minimum atomic E-state index is -0.824. The summed E-state index contributed by atoms with van der Waals surface area (Å²) < 4.78 is 75.8. The third-order valence-corrected chi connectivity index (χ3v) is 12.8. The average molecular weight is 853 g/mol. The van der Waals surface area contributed by atoms with Gasteiger partial charge in [-0.2, -0.15) is 0 Å². The smallest absolute Gasteiger partial charge is 0.346 e. The van der Waals surface area contributed by atoms with E-state index in [9.17, 15) is 9.59 Å². The third-order valence-electron chi connectivity index (χ3n) is 12.8. The fraction of sp³-hybridized carbons (Fsp3) is 0.480. The molecule has 62 heavy (non-hydrogen) atoms. The molecule has 10 nitrogen and oxygen atoms in total. The molecule has 2 aliphatic heterocycles. The fourth-order valence-corrected chi connectivity index (χ4v) is 9.18. The van der Waals surface area contributed by atoms with E-state index in [1.54, 1.807) is 36.4 Å². The first-order chi connectivity index (χ1) is 30.3. The van der Waals surface area contributed by atoms with E-state index >= 15 is 8.78 Å². The highest BCUT2D eigenvalue weighted by Gasteiger charge is 2.44. The molecular formula is C50H54F2O10. The lowest BCUT2D eigenvalue weighted by molar-refractivity contribution is 0.0719. The SMILES string of the molecule is CC1c2cc(OC(=O)c3ccc(OCCCCOCC4CCC5OC5C4)cc3F)ccc2-c2ccc(OC(=O)c3ccc(OCCCCOCC4CCC5OC5C4)cc3F)cc21. The minimum absolute atomic E-state index is 0.147. The summed E-state index contributed by atoms with van der Waals surface area (Å²) in [5.41, 5.74) is 3.24. The van der Waals surface area contributed by atoms with Crippen LogP contribution < -0.4 is 18.9 Å². The Hall–Kier alpha value is -4.88. The van der Waals surface area contributed by atoms with Crippen molar-refractivity contribution in [3.8, 4) is 34.1 Å². The molecule has 6 atom stereocenters. The van der Waals surface area contributed by atoms with Gasteiger partial charge in [0.2, 0.25) is 0 Å². The van der Waals surface area contributed by atoms with Crippen LogP contribution in [0.3, 0.4) is 0 Å². The molecule has 0 radical (unpaired) electrons. The second-order valence-electron chi connectivity index (χ2n) is 17.3. The maximum absolute atomic E-state index is 15.1. The van der Waals surface area contributed by atoms with Crippen molar-refractivity contribution in [3.63, 3.8) is 0 Å². The number of hydrogen-bond donors (Lipinski definition) is 0. The summed E-state index contributed by atoms with van der Waals surface area (Å²) in [6.45, 7) is 5.65. The van der Waals surface area contributed by atoms with E-state index in [-0.39, 0.29) is 28.5 Å². The maximum Gasteiger partial charge on any atom is 0.346 e. The molecule has 4 fully saturated rings. The quantitative estimate of drug-likeness (QED) is 0.0368. The van der Waals surface area contributed by atoms with E-state index in [1.165, 1.54) is 37.1 Å². The first-order valence-corrected chi connectivity index (χ1v) is 22.3. The van der Waals surface area contributed by atoms with Crippen molar-refractivity contribution in [1.82, 2.24) is 0 Å². The lowest BCUT2D eigenvalue weighted by Crippen LogP contribution is -2.18. The zero-order chi connectivity index (χ0) is 42.6. The van der Waals surface area contributed by atoms with Gasteiger partial charge in [-0.05, 0) is 147 Å². The van der Waals surface area contributed by atoms with Crippen LogP contribution in [0.25, 0.3) is 11.1 Å². The molecule has 0 bridgehead atoms. The summed E-state index contributed by atoms with van der Waals surface area (Å²) in [5, 5.41) is 0. The summed E-state index contributed by atoms with van der Waals surface area (Å²) in [5.74, 6) is -0.890. The van der Waals surface area contributed by atoms with Crippen LogP contribution in [-0.4, -0.2) is 76.0 Å². The number of epoxide rings is 2. The second kappa shape index (κ2) is 19.2. The number of fused-ring (bicyclic) bond motifs is 5. The van der Waals surface area contributed by atoms with Crippen molar-refractivity contribution in [3.05, 3.63) is 107 Å². The van der Waals surface area contributed by atoms with Crippen molar-refractivity contribution in [2.45, 2.75) is 101 Å². The van der Waals surface area contributed by atoms with Crippen LogP contribution in [0.1, 0.15) is 109 Å². The van der Waals surface area contributed by atoms with Crippen molar-refractivity contribution in [1.29, 1.82) is 0 Å². The van der Waals surface area contributed by atoms with Gasteiger partial charge < -0.3 is 37.9 Å². The fourth-order valence-electron chi connectivity index (χ4n) is 9.18. The molecule has 0 N–H and O–H groups in total. The van der Waals surface area contributed by atoms with Gasteiger partial charge in [0.15, 0.2) is 0 Å². The highest BCUT2D eigenvalue weighted by Crippen LogP contribution is 2.47. The number of hydrogen-bond acceptors (Lipinski definition) is 10. The van der Waals surface area contributed by atoms with E-state index in [0.717, 1.165) is 86.8 Å². The van der Waals surface area contributed by atoms with Crippen molar-refractivity contribution >= 4 is 11.9 Å². The molecule has 2 saturated heterocycles. The van der Waals surface area contributed by atoms with Gasteiger partial charge in [-0.25, -0.2) is 18.4 Å². The van der Waals surface area contributed by atoms with Crippen LogP contribution in [0, 0.1) is 23.5 Å². The van der Waals surface area contributed by atoms with Crippen molar-refractivity contribution in [2.24, 2.45) is 11.8 Å². The lowest BCUT2D eigenvalue weighted by Gasteiger charge is -2.18. The second-order valence-corrected chi connectivity index (χ2v) is 17.3. The van der Waals surface area contributed by atoms with Crippen LogP contribution in [0.4, 0.5) is 8.78 Å². The number of benzene rings is 4. The molecule has 3 aliphatic carbocycles. The zero-order valence-electron chi connectivity index (χ0n) is 35.1. The van der Waals surface area contributed by atoms with Crippen LogP contribution in [0.15, 0.2) is 72.8 Å². The highest BCUT2D eigenvalue weighted by atomic mass is 19.1. The Bertz CT molecular complexity index is 2090. The normalized spacial score (nSPS) is 24.0. The number of carbonyl (C=O) groups excluding carboxylic acids is 2. The summed E-state index contributed by atoms with van der Waals surface area (Å²) in [7, 11) is 0. The monoisotopic (exact) mass is 852 g/mol. The Morgan fingerprint density at radius 2 is 0.984 bits per heavy atom. The number of esters is 2. The predicted octanol–water partition coefficient (Wildman–Crippen LogP) is 10.0. The first-order valence-electron chi connectivity index (χ1n) is 22.3. The molecule has 5 aliphatic rings. The van der Waals surface area contributed by atoms with E-state index in [0.29, 0.717) is 74.2 Å². The highest BCUT2D eigenvalue weighted by molar-refractivity contribution is 5.93. The summed E-state index contributed by atoms with van der Waals surface area (Å²) in [4.78, 5) is 26.2. The molecule has 9 rings (SSSR count). The van der Waals surface area contributed by atoms with Gasteiger partial charge in [-0.1, -0.05) is 19.1 Å². The third kappa shape index (κ3) is 10.3. The molecule has 12 heteroatoms. The maximum atomic E-state index is 15.1. The molecule has 0 amide bonds. The predicted molar refractivity (Wildman–Crippen MR) is 225 cm³/mol. The van der Waals surface area contributed by atoms with Crippen LogP contribution in [0.5, 0.6) is 23.0 Å². The standard InChI is InChI=1S/C50H54F2O10/c1-30-41-24-35(59-49(53)39-14-8-33(26-43(39)51)57-20-4-2-18-55-28-31-6-16-45-47(22-31)61-45)10-12-37(41)38-13-11-36(25-42(30)38)60-50(54)40-15-9-34(27-44(40)52)58-21-5-3-19-56-29-32-7-17-46-48(23-32)62-46/h8-15,24-27,30-32,45-48H,2-7,16-23,28-29H2,1H3. The molecule has 0 aromatic heterocycles. The van der Waals surface area contributed by atoms with E-state index in [2.05, 4.69) is 0 Å². The Labute approximate surface area is 361 Å². The number of carbonyl (C=O) groups is 2. The summed E-state index contributed by atoms with van der Waals surface area (Å²) in [6.07, 6.45) is 11.9. The molecule has 4 aromatic carbocycles. The number of halogens is 2. The van der Waals surface area contributed by atoms with Crippen LogP contribution in [0.2, 0.25) is 0 Å². The number of rotatable bonds is 20. The van der Waals surface area contributed by atoms with Crippen LogP contribution >= 0.6 is 0 Å². The Kier molecular flexibility index (Phi) is 13.2. The van der Waals surface area contributed by atoms with E-state index in [4.69, 9.17) is 37.9 Å². The minimum Gasteiger partial charge on any atom is -0.493 e. The van der Waals surface area contributed by atoms with Gasteiger partial charge in [0.05, 0.1) is 48.8 Å². The van der Waals surface area contributed by atoms with Gasteiger partial charge in [-0.3, -0.25) is 0 Å². The van der Waals surface area contributed by atoms with Gasteiger partial charge >= 0.3 is 11.9 Å². The summed E-state index contributed by atoms with van der Waals surface area (Å²) >= 11 is 0.